The Hall–Kier alpha value is -1.61. The molecule has 1 aliphatic rings. The van der Waals surface area contributed by atoms with E-state index in [9.17, 15) is 0 Å². The lowest BCUT2D eigenvalue weighted by molar-refractivity contribution is 0.0953. The quantitative estimate of drug-likeness (QED) is 0.482. The second kappa shape index (κ2) is 9.91. The van der Waals surface area contributed by atoms with E-state index >= 15 is 0 Å². The van der Waals surface area contributed by atoms with Crippen LogP contribution in [0.4, 0.5) is 0 Å². The molecule has 2 aromatic rings. The highest BCUT2D eigenvalue weighted by Gasteiger charge is 2.21. The van der Waals surface area contributed by atoms with Crippen molar-refractivity contribution in [2.45, 2.75) is 30.6 Å². The van der Waals surface area contributed by atoms with E-state index in [-0.39, 0.29) is 12.7 Å². The Kier molecular flexibility index (Phi) is 7.31. The highest BCUT2D eigenvalue weighted by molar-refractivity contribution is 7.99. The molecule has 7 nitrogen and oxygen atoms in total. The standard InChI is InChI=1S/C18H26N4O3S/c1-24-15-6-4-14(5-7-15)17-20-21-18(26-12-9-19-8-10-23)22(17)13-16-3-2-11-25-16/h4-7,16,19,23H,2-3,8-13H2,1H3/t16-/m0/s1. The Labute approximate surface area is 158 Å². The fourth-order valence-electron chi connectivity index (χ4n) is 2.92. The van der Waals surface area contributed by atoms with Crippen molar-refractivity contribution in [3.05, 3.63) is 24.3 Å². The summed E-state index contributed by atoms with van der Waals surface area (Å²) in [6.45, 7) is 3.18. The maximum absolute atomic E-state index is 8.83. The molecule has 1 aliphatic heterocycles. The first-order chi connectivity index (χ1) is 12.8. The van der Waals surface area contributed by atoms with Crippen LogP contribution in [-0.2, 0) is 11.3 Å². The molecule has 142 valence electrons. The first kappa shape index (κ1) is 19.2. The fraction of sp³-hybridized carbons (Fsp3) is 0.556. The summed E-state index contributed by atoms with van der Waals surface area (Å²) < 4.78 is 13.2. The minimum atomic E-state index is 0.154. The van der Waals surface area contributed by atoms with Gasteiger partial charge in [0.25, 0.3) is 0 Å². The Morgan fingerprint density at radius 3 is 2.85 bits per heavy atom. The van der Waals surface area contributed by atoms with Gasteiger partial charge in [0, 0.05) is 31.0 Å². The van der Waals surface area contributed by atoms with Crippen LogP contribution >= 0.6 is 11.8 Å². The third-order valence-corrected chi connectivity index (χ3v) is 5.24. The second-order valence-corrected chi connectivity index (χ2v) is 7.16. The van der Waals surface area contributed by atoms with E-state index in [0.29, 0.717) is 6.54 Å². The van der Waals surface area contributed by atoms with E-state index < -0.39 is 0 Å². The van der Waals surface area contributed by atoms with Gasteiger partial charge in [0.1, 0.15) is 5.75 Å². The zero-order valence-electron chi connectivity index (χ0n) is 15.1. The van der Waals surface area contributed by atoms with E-state index in [1.165, 1.54) is 0 Å². The lowest BCUT2D eigenvalue weighted by Gasteiger charge is -2.15. The minimum absolute atomic E-state index is 0.154. The van der Waals surface area contributed by atoms with Crippen LogP contribution in [0.25, 0.3) is 11.4 Å². The van der Waals surface area contributed by atoms with Crippen molar-refractivity contribution >= 4 is 11.8 Å². The van der Waals surface area contributed by atoms with Crippen LogP contribution in [0.2, 0.25) is 0 Å². The molecule has 0 bridgehead atoms. The van der Waals surface area contributed by atoms with Crippen molar-refractivity contribution < 1.29 is 14.6 Å². The number of hydrogen-bond acceptors (Lipinski definition) is 7. The predicted octanol–water partition coefficient (Wildman–Crippen LogP) is 1.81. The number of nitrogens with one attached hydrogen (secondary N) is 1. The number of rotatable bonds is 10. The molecule has 3 rings (SSSR count). The van der Waals surface area contributed by atoms with E-state index in [1.807, 2.05) is 24.3 Å². The van der Waals surface area contributed by atoms with Gasteiger partial charge >= 0.3 is 0 Å². The SMILES string of the molecule is COc1ccc(-c2nnc(SCCNCCO)n2C[C@@H]2CCCO2)cc1. The van der Waals surface area contributed by atoms with Crippen LogP contribution < -0.4 is 10.1 Å². The van der Waals surface area contributed by atoms with Crippen molar-refractivity contribution in [3.63, 3.8) is 0 Å². The number of benzene rings is 1. The van der Waals surface area contributed by atoms with Gasteiger partial charge in [0.05, 0.1) is 26.4 Å². The molecule has 0 amide bonds. The molecule has 1 saturated heterocycles. The smallest absolute Gasteiger partial charge is 0.191 e. The molecule has 26 heavy (non-hydrogen) atoms. The highest BCUT2D eigenvalue weighted by atomic mass is 32.2. The largest absolute Gasteiger partial charge is 0.497 e. The van der Waals surface area contributed by atoms with Crippen LogP contribution in [0, 0.1) is 0 Å². The Morgan fingerprint density at radius 1 is 1.31 bits per heavy atom. The van der Waals surface area contributed by atoms with Gasteiger partial charge < -0.3 is 19.9 Å². The summed E-state index contributed by atoms with van der Waals surface area (Å²) in [7, 11) is 1.66. The van der Waals surface area contributed by atoms with Crippen LogP contribution in [0.3, 0.4) is 0 Å². The van der Waals surface area contributed by atoms with Crippen molar-refractivity contribution in [1.82, 2.24) is 20.1 Å². The number of thioether (sulfide) groups is 1. The van der Waals surface area contributed by atoms with Gasteiger partial charge in [-0.25, -0.2) is 0 Å². The third-order valence-electron chi connectivity index (χ3n) is 4.27. The average molecular weight is 378 g/mol. The van der Waals surface area contributed by atoms with E-state index in [0.717, 1.165) is 60.6 Å². The molecule has 0 saturated carbocycles. The lowest BCUT2D eigenvalue weighted by atomic mass is 10.2. The van der Waals surface area contributed by atoms with Crippen LogP contribution in [0.5, 0.6) is 5.75 Å². The number of ether oxygens (including phenoxy) is 2. The predicted molar refractivity (Wildman–Crippen MR) is 102 cm³/mol. The lowest BCUT2D eigenvalue weighted by Crippen LogP contribution is -2.21. The number of aliphatic hydroxyl groups is 1. The van der Waals surface area contributed by atoms with Crippen molar-refractivity contribution in [1.29, 1.82) is 0 Å². The molecule has 0 unspecified atom stereocenters. The van der Waals surface area contributed by atoms with Crippen molar-refractivity contribution in [2.75, 3.05) is 39.2 Å². The summed E-state index contributed by atoms with van der Waals surface area (Å²) in [5.74, 6) is 2.55. The summed E-state index contributed by atoms with van der Waals surface area (Å²) >= 11 is 1.67. The Morgan fingerprint density at radius 2 is 2.15 bits per heavy atom. The fourth-order valence-corrected chi connectivity index (χ4v) is 3.77. The number of methoxy groups -OCH3 is 1. The third kappa shape index (κ3) is 4.97. The first-order valence-electron chi connectivity index (χ1n) is 8.95. The van der Waals surface area contributed by atoms with E-state index in [1.54, 1.807) is 18.9 Å². The molecule has 0 radical (unpaired) electrons. The molecule has 1 aromatic heterocycles. The average Bonchev–Trinajstić information content (AvgIpc) is 3.32. The Bertz CT molecular complexity index is 672. The zero-order chi connectivity index (χ0) is 18.2. The molecule has 0 aliphatic carbocycles. The van der Waals surface area contributed by atoms with Gasteiger partial charge in [-0.05, 0) is 37.1 Å². The normalized spacial score (nSPS) is 16.9. The number of aliphatic hydroxyl groups excluding tert-OH is 1. The molecule has 1 atom stereocenters. The summed E-state index contributed by atoms with van der Waals surface area (Å²) in [6.07, 6.45) is 2.40. The minimum Gasteiger partial charge on any atom is -0.497 e. The maximum atomic E-state index is 8.83. The van der Waals surface area contributed by atoms with Crippen LogP contribution in [-0.4, -0.2) is 65.1 Å². The van der Waals surface area contributed by atoms with Crippen LogP contribution in [0.1, 0.15) is 12.8 Å². The van der Waals surface area contributed by atoms with Gasteiger partial charge in [-0.2, -0.15) is 0 Å². The summed E-state index contributed by atoms with van der Waals surface area (Å²) in [6, 6.07) is 7.89. The van der Waals surface area contributed by atoms with Crippen LogP contribution in [0.15, 0.2) is 29.4 Å². The van der Waals surface area contributed by atoms with Gasteiger partial charge in [-0.1, -0.05) is 11.8 Å². The molecule has 1 fully saturated rings. The molecule has 2 heterocycles. The highest BCUT2D eigenvalue weighted by Crippen LogP contribution is 2.27. The molecule has 1 aromatic carbocycles. The monoisotopic (exact) mass is 378 g/mol. The van der Waals surface area contributed by atoms with Gasteiger partial charge in [-0.3, -0.25) is 4.57 Å². The molecular weight excluding hydrogens is 352 g/mol. The first-order valence-corrected chi connectivity index (χ1v) is 9.94. The van der Waals surface area contributed by atoms with E-state index in [4.69, 9.17) is 14.6 Å². The molecule has 2 N–H and O–H groups in total. The molecule has 0 spiro atoms. The maximum Gasteiger partial charge on any atom is 0.191 e. The van der Waals surface area contributed by atoms with Gasteiger partial charge in [-0.15, -0.1) is 10.2 Å². The van der Waals surface area contributed by atoms with Gasteiger partial charge in [0.15, 0.2) is 11.0 Å². The topological polar surface area (TPSA) is 81.4 Å². The molecular formula is C18H26N4O3S. The van der Waals surface area contributed by atoms with Crippen molar-refractivity contribution in [3.8, 4) is 17.1 Å². The summed E-state index contributed by atoms with van der Waals surface area (Å²) in [4.78, 5) is 0. The summed E-state index contributed by atoms with van der Waals surface area (Å²) in [5, 5.41) is 21.8. The van der Waals surface area contributed by atoms with Crippen molar-refractivity contribution in [2.24, 2.45) is 0 Å². The molecule has 8 heteroatoms. The summed E-state index contributed by atoms with van der Waals surface area (Å²) in [5.41, 5.74) is 1.02. The second-order valence-electron chi connectivity index (χ2n) is 6.10. The number of hydrogen-bond donors (Lipinski definition) is 2. The number of aromatic nitrogens is 3. The zero-order valence-corrected chi connectivity index (χ0v) is 15.9. The Balaban J connectivity index is 1.75. The van der Waals surface area contributed by atoms with Gasteiger partial charge in [0.2, 0.25) is 0 Å². The van der Waals surface area contributed by atoms with E-state index in [2.05, 4.69) is 20.1 Å². The number of nitrogens with zero attached hydrogens (tertiary/aromatic N) is 3.